The third-order valence-corrected chi connectivity index (χ3v) is 7.63. The van der Waals surface area contributed by atoms with Crippen molar-refractivity contribution in [3.8, 4) is 0 Å². The summed E-state index contributed by atoms with van der Waals surface area (Å²) in [7, 11) is 0. The van der Waals surface area contributed by atoms with Gasteiger partial charge in [0.15, 0.2) is 10.00 Å². The number of nitrogens with zero attached hydrogens (tertiary/aromatic N) is 2. The SMILES string of the molecule is ClC1(c2ccc3ccc4ccc(C5(Cl)C=Cc6ccccc6N5)nc4c3n2)C=Cc2ccccc2N1. The van der Waals surface area contributed by atoms with E-state index in [0.717, 1.165) is 44.3 Å². The molecule has 2 aliphatic heterocycles. The quantitative estimate of drug-likeness (QED) is 0.145. The van der Waals surface area contributed by atoms with Crippen molar-refractivity contribution >= 4 is 68.5 Å². The molecule has 2 aliphatic rings. The predicted molar refractivity (Wildman–Crippen MR) is 150 cm³/mol. The summed E-state index contributed by atoms with van der Waals surface area (Å²) in [6.07, 6.45) is 7.94. The van der Waals surface area contributed by atoms with E-state index < -0.39 is 10.00 Å². The number of para-hydroxylation sites is 2. The van der Waals surface area contributed by atoms with Gasteiger partial charge >= 0.3 is 0 Å². The van der Waals surface area contributed by atoms with Crippen molar-refractivity contribution in [3.63, 3.8) is 0 Å². The summed E-state index contributed by atoms with van der Waals surface area (Å²) in [5, 5.41) is 8.84. The minimum atomic E-state index is -0.965. The molecule has 0 spiro atoms. The van der Waals surface area contributed by atoms with Crippen molar-refractivity contribution in [2.24, 2.45) is 0 Å². The van der Waals surface area contributed by atoms with Gasteiger partial charge in [-0.05, 0) is 47.5 Å². The number of fused-ring (bicyclic) bond motifs is 5. The lowest BCUT2D eigenvalue weighted by Crippen LogP contribution is -2.30. The number of rotatable bonds is 2. The van der Waals surface area contributed by atoms with Crippen LogP contribution in [-0.2, 0) is 10.00 Å². The third-order valence-electron chi connectivity index (χ3n) is 6.81. The van der Waals surface area contributed by atoms with E-state index >= 15 is 0 Å². The molecule has 3 aromatic carbocycles. The molecule has 36 heavy (non-hydrogen) atoms. The minimum absolute atomic E-state index is 0.701. The van der Waals surface area contributed by atoms with Gasteiger partial charge in [0, 0.05) is 22.1 Å². The molecule has 0 saturated heterocycles. The molecule has 0 fully saturated rings. The van der Waals surface area contributed by atoms with E-state index in [4.69, 9.17) is 33.2 Å². The number of benzene rings is 3. The van der Waals surface area contributed by atoms with Crippen LogP contribution in [-0.4, -0.2) is 9.97 Å². The zero-order valence-electron chi connectivity index (χ0n) is 19.0. The van der Waals surface area contributed by atoms with E-state index in [-0.39, 0.29) is 0 Å². The summed E-state index contributed by atoms with van der Waals surface area (Å²) in [6.45, 7) is 0. The first-order valence-electron chi connectivity index (χ1n) is 11.7. The number of alkyl halides is 2. The number of nitrogens with one attached hydrogen (secondary N) is 2. The van der Waals surface area contributed by atoms with Crippen molar-refractivity contribution in [1.29, 1.82) is 0 Å². The molecule has 2 aromatic heterocycles. The molecule has 0 saturated carbocycles. The Morgan fingerprint density at radius 3 is 1.42 bits per heavy atom. The topological polar surface area (TPSA) is 49.8 Å². The van der Waals surface area contributed by atoms with Crippen LogP contribution in [0.4, 0.5) is 11.4 Å². The highest BCUT2D eigenvalue weighted by atomic mass is 35.5. The Morgan fingerprint density at radius 1 is 0.528 bits per heavy atom. The number of pyridine rings is 2. The van der Waals surface area contributed by atoms with Crippen molar-refractivity contribution in [2.75, 3.05) is 10.6 Å². The molecular weight excluding hydrogens is 487 g/mol. The lowest BCUT2D eigenvalue weighted by Gasteiger charge is -2.30. The average Bonchev–Trinajstić information content (AvgIpc) is 2.92. The summed E-state index contributed by atoms with van der Waals surface area (Å²) in [4.78, 5) is 8.12. The standard InChI is InChI=1S/C30H20Cl2N4/c31-29(17-15-19-5-1-3-7-23(19)35-29)25-13-11-21-9-10-22-12-14-26(34-28(22)27(21)33-25)30(32)18-16-20-6-2-4-8-24(20)36-30/h1-18,35-36H. The van der Waals surface area contributed by atoms with Gasteiger partial charge in [-0.1, -0.05) is 96.0 Å². The number of aromatic nitrogens is 2. The van der Waals surface area contributed by atoms with Gasteiger partial charge in [-0.25, -0.2) is 9.97 Å². The first-order chi connectivity index (χ1) is 17.5. The van der Waals surface area contributed by atoms with Crippen LogP contribution < -0.4 is 10.6 Å². The van der Waals surface area contributed by atoms with Gasteiger partial charge in [0.2, 0.25) is 0 Å². The van der Waals surface area contributed by atoms with Crippen molar-refractivity contribution in [3.05, 3.63) is 120 Å². The fraction of sp³-hybridized carbons (Fsp3) is 0.0667. The second-order valence-corrected chi connectivity index (χ2v) is 10.3. The zero-order chi connectivity index (χ0) is 24.3. The van der Waals surface area contributed by atoms with E-state index in [1.165, 1.54) is 0 Å². The smallest absolute Gasteiger partial charge is 0.174 e. The third kappa shape index (κ3) is 3.37. The van der Waals surface area contributed by atoms with Gasteiger partial charge in [0.25, 0.3) is 0 Å². The highest BCUT2D eigenvalue weighted by Gasteiger charge is 2.33. The molecular formula is C30H20Cl2N4. The fourth-order valence-electron chi connectivity index (χ4n) is 4.87. The maximum Gasteiger partial charge on any atom is 0.174 e. The predicted octanol–water partition coefficient (Wildman–Crippen LogP) is 7.84. The molecule has 0 radical (unpaired) electrons. The van der Waals surface area contributed by atoms with Gasteiger partial charge in [0.05, 0.1) is 22.4 Å². The minimum Gasteiger partial charge on any atom is -0.358 e. The van der Waals surface area contributed by atoms with E-state index in [9.17, 15) is 0 Å². The number of hydrogen-bond donors (Lipinski definition) is 2. The summed E-state index contributed by atoms with van der Waals surface area (Å²) in [6, 6.07) is 28.2. The van der Waals surface area contributed by atoms with Gasteiger partial charge in [-0.3, -0.25) is 0 Å². The van der Waals surface area contributed by atoms with Crippen LogP contribution in [0.2, 0.25) is 0 Å². The molecule has 7 rings (SSSR count). The molecule has 0 amide bonds. The van der Waals surface area contributed by atoms with E-state index in [1.54, 1.807) is 0 Å². The van der Waals surface area contributed by atoms with Gasteiger partial charge < -0.3 is 10.6 Å². The Kier molecular flexibility index (Phi) is 4.65. The van der Waals surface area contributed by atoms with Crippen LogP contribution in [0.3, 0.4) is 0 Å². The van der Waals surface area contributed by atoms with E-state index in [1.807, 2.05) is 85.0 Å². The van der Waals surface area contributed by atoms with Crippen molar-refractivity contribution in [2.45, 2.75) is 10.00 Å². The Labute approximate surface area is 218 Å². The Balaban J connectivity index is 1.35. The van der Waals surface area contributed by atoms with Crippen LogP contribution in [0, 0.1) is 0 Å². The second kappa shape index (κ2) is 7.82. The highest BCUT2D eigenvalue weighted by Crippen LogP contribution is 2.40. The average molecular weight is 507 g/mol. The van der Waals surface area contributed by atoms with E-state index in [2.05, 4.69) is 34.9 Å². The lowest BCUT2D eigenvalue weighted by molar-refractivity contribution is 0.835. The first-order valence-corrected chi connectivity index (χ1v) is 12.5. The molecule has 2 N–H and O–H groups in total. The van der Waals surface area contributed by atoms with Gasteiger partial charge in [-0.2, -0.15) is 0 Å². The summed E-state index contributed by atoms with van der Waals surface area (Å²) < 4.78 is 0. The zero-order valence-corrected chi connectivity index (χ0v) is 20.6. The summed E-state index contributed by atoms with van der Waals surface area (Å²) >= 11 is 14.2. The Bertz CT molecular complexity index is 1620. The molecule has 6 heteroatoms. The number of hydrogen-bond acceptors (Lipinski definition) is 4. The maximum absolute atomic E-state index is 7.08. The number of anilines is 2. The molecule has 4 heterocycles. The molecule has 5 aromatic rings. The van der Waals surface area contributed by atoms with Gasteiger partial charge in [0.1, 0.15) is 0 Å². The van der Waals surface area contributed by atoms with Crippen LogP contribution in [0.15, 0.2) is 97.1 Å². The summed E-state index contributed by atoms with van der Waals surface area (Å²) in [5.74, 6) is 0. The van der Waals surface area contributed by atoms with Crippen LogP contribution >= 0.6 is 23.2 Å². The van der Waals surface area contributed by atoms with Crippen LogP contribution in [0.5, 0.6) is 0 Å². The normalized spacial score (nSPS) is 22.1. The van der Waals surface area contributed by atoms with Crippen LogP contribution in [0.1, 0.15) is 22.5 Å². The largest absolute Gasteiger partial charge is 0.358 e. The molecule has 2 unspecified atom stereocenters. The molecule has 4 nitrogen and oxygen atoms in total. The summed E-state index contributed by atoms with van der Waals surface area (Å²) in [5.41, 5.74) is 7.08. The number of halogens is 2. The fourth-order valence-corrected chi connectivity index (χ4v) is 5.41. The Hall–Kier alpha value is -3.86. The van der Waals surface area contributed by atoms with Crippen molar-refractivity contribution in [1.82, 2.24) is 9.97 Å². The molecule has 174 valence electrons. The molecule has 0 bridgehead atoms. The Morgan fingerprint density at radius 2 is 0.944 bits per heavy atom. The second-order valence-electron chi connectivity index (χ2n) is 9.12. The van der Waals surface area contributed by atoms with Crippen molar-refractivity contribution < 1.29 is 0 Å². The maximum atomic E-state index is 7.08. The monoisotopic (exact) mass is 506 g/mol. The highest BCUT2D eigenvalue weighted by molar-refractivity contribution is 6.27. The van der Waals surface area contributed by atoms with Gasteiger partial charge in [-0.15, -0.1) is 0 Å². The first kappa shape index (κ1) is 21.4. The lowest BCUT2D eigenvalue weighted by atomic mass is 10.0. The molecule has 0 aliphatic carbocycles. The van der Waals surface area contributed by atoms with E-state index in [0.29, 0.717) is 11.4 Å². The van der Waals surface area contributed by atoms with Crippen LogP contribution in [0.25, 0.3) is 34.0 Å². The molecule has 2 atom stereocenters.